The molecule has 0 bridgehead atoms. The molecule has 1 atom stereocenters. The summed E-state index contributed by atoms with van der Waals surface area (Å²) < 4.78 is 4.46. The van der Waals surface area contributed by atoms with Crippen LogP contribution < -0.4 is 5.73 Å². The quantitative estimate of drug-likeness (QED) is 0.640. The predicted octanol–water partition coefficient (Wildman–Crippen LogP) is 0.254. The van der Waals surface area contributed by atoms with Gasteiger partial charge in [0.1, 0.15) is 6.04 Å². The molecule has 2 N–H and O–H groups in total. The summed E-state index contributed by atoms with van der Waals surface area (Å²) in [5, 5.41) is 0. The minimum atomic E-state index is -0.781. The standard InChI is InChI=1S/C8H10N2O2/c1-12-8(11)7(9)6-4-2-3-5-10-6/h2-5,7H,9H2,1H3/t7-/m0/s1. The van der Waals surface area contributed by atoms with Crippen LogP contribution in [0.3, 0.4) is 0 Å². The molecule has 0 aliphatic rings. The Balaban J connectivity index is 2.78. The Morgan fingerprint density at radius 2 is 2.42 bits per heavy atom. The van der Waals surface area contributed by atoms with Crippen LogP contribution in [0.5, 0.6) is 0 Å². The van der Waals surface area contributed by atoms with Crippen molar-refractivity contribution in [2.45, 2.75) is 6.04 Å². The predicted molar refractivity (Wildman–Crippen MR) is 43.2 cm³/mol. The Hall–Kier alpha value is -1.42. The van der Waals surface area contributed by atoms with E-state index in [1.807, 2.05) is 0 Å². The first-order chi connectivity index (χ1) is 5.75. The number of carbonyl (C=O) groups excluding carboxylic acids is 1. The number of rotatable bonds is 2. The van der Waals surface area contributed by atoms with Crippen molar-refractivity contribution in [2.24, 2.45) is 5.73 Å². The number of carbonyl (C=O) groups is 1. The van der Waals surface area contributed by atoms with Crippen molar-refractivity contribution in [3.63, 3.8) is 0 Å². The van der Waals surface area contributed by atoms with Gasteiger partial charge < -0.3 is 10.5 Å². The number of esters is 1. The monoisotopic (exact) mass is 166 g/mol. The van der Waals surface area contributed by atoms with Gasteiger partial charge in [0.15, 0.2) is 0 Å². The third-order valence-electron chi connectivity index (χ3n) is 1.46. The maximum Gasteiger partial charge on any atom is 0.328 e. The van der Waals surface area contributed by atoms with Crippen molar-refractivity contribution in [3.05, 3.63) is 30.1 Å². The first-order valence-electron chi connectivity index (χ1n) is 3.50. The number of nitrogens with two attached hydrogens (primary N) is 1. The maximum atomic E-state index is 10.9. The number of hydrogen-bond donors (Lipinski definition) is 1. The van der Waals surface area contributed by atoms with E-state index in [2.05, 4.69) is 9.72 Å². The van der Waals surface area contributed by atoms with Gasteiger partial charge in [-0.3, -0.25) is 4.98 Å². The zero-order chi connectivity index (χ0) is 8.97. The molecule has 1 aromatic heterocycles. The summed E-state index contributed by atoms with van der Waals surface area (Å²) in [4.78, 5) is 14.8. The molecular formula is C8H10N2O2. The van der Waals surface area contributed by atoms with Gasteiger partial charge in [0.25, 0.3) is 0 Å². The molecule has 12 heavy (non-hydrogen) atoms. The van der Waals surface area contributed by atoms with Crippen LogP contribution in [0.4, 0.5) is 0 Å². The third-order valence-corrected chi connectivity index (χ3v) is 1.46. The lowest BCUT2D eigenvalue weighted by Crippen LogP contribution is -2.23. The van der Waals surface area contributed by atoms with Crippen molar-refractivity contribution < 1.29 is 9.53 Å². The third kappa shape index (κ3) is 1.79. The summed E-state index contributed by atoms with van der Waals surface area (Å²) in [6.45, 7) is 0. The highest BCUT2D eigenvalue weighted by Gasteiger charge is 2.16. The van der Waals surface area contributed by atoms with E-state index in [0.717, 1.165) is 0 Å². The van der Waals surface area contributed by atoms with Gasteiger partial charge in [-0.1, -0.05) is 6.07 Å². The second-order valence-electron chi connectivity index (χ2n) is 2.26. The Kier molecular flexibility index (Phi) is 2.76. The Bertz CT molecular complexity index is 261. The molecule has 0 unspecified atom stereocenters. The highest BCUT2D eigenvalue weighted by atomic mass is 16.5. The summed E-state index contributed by atoms with van der Waals surface area (Å²) in [6, 6.07) is 4.43. The number of methoxy groups -OCH3 is 1. The van der Waals surface area contributed by atoms with E-state index < -0.39 is 12.0 Å². The molecule has 0 aliphatic heterocycles. The van der Waals surface area contributed by atoms with E-state index in [1.165, 1.54) is 7.11 Å². The van der Waals surface area contributed by atoms with Gasteiger partial charge in [0, 0.05) is 6.20 Å². The van der Waals surface area contributed by atoms with Crippen LogP contribution in [-0.2, 0) is 9.53 Å². The van der Waals surface area contributed by atoms with Gasteiger partial charge in [0.05, 0.1) is 12.8 Å². The molecule has 0 saturated heterocycles. The van der Waals surface area contributed by atoms with Gasteiger partial charge >= 0.3 is 5.97 Å². The second-order valence-corrected chi connectivity index (χ2v) is 2.26. The van der Waals surface area contributed by atoms with E-state index >= 15 is 0 Å². The van der Waals surface area contributed by atoms with Crippen molar-refractivity contribution in [2.75, 3.05) is 7.11 Å². The van der Waals surface area contributed by atoms with Gasteiger partial charge in [-0.05, 0) is 12.1 Å². The molecule has 1 aromatic rings. The van der Waals surface area contributed by atoms with E-state index in [9.17, 15) is 4.79 Å². The molecule has 0 spiro atoms. The van der Waals surface area contributed by atoms with Gasteiger partial charge in [-0.25, -0.2) is 4.79 Å². The number of hydrogen-bond acceptors (Lipinski definition) is 4. The summed E-state index contributed by atoms with van der Waals surface area (Å²) in [7, 11) is 1.30. The largest absolute Gasteiger partial charge is 0.468 e. The van der Waals surface area contributed by atoms with Crippen LogP contribution in [0.1, 0.15) is 11.7 Å². The molecule has 1 heterocycles. The van der Waals surface area contributed by atoms with Crippen molar-refractivity contribution in [1.29, 1.82) is 0 Å². The zero-order valence-electron chi connectivity index (χ0n) is 6.73. The van der Waals surface area contributed by atoms with Crippen LogP contribution in [0, 0.1) is 0 Å². The van der Waals surface area contributed by atoms with Crippen LogP contribution in [0.15, 0.2) is 24.4 Å². The fourth-order valence-electron chi connectivity index (χ4n) is 0.808. The lowest BCUT2D eigenvalue weighted by atomic mass is 10.2. The van der Waals surface area contributed by atoms with Crippen molar-refractivity contribution in [1.82, 2.24) is 4.98 Å². The molecule has 0 aliphatic carbocycles. The Labute approximate surface area is 70.4 Å². The molecule has 0 amide bonds. The van der Waals surface area contributed by atoms with E-state index in [0.29, 0.717) is 5.69 Å². The average molecular weight is 166 g/mol. The molecule has 0 radical (unpaired) electrons. The molecule has 1 rings (SSSR count). The van der Waals surface area contributed by atoms with E-state index in [4.69, 9.17) is 5.73 Å². The first kappa shape index (κ1) is 8.67. The number of nitrogens with zero attached hydrogens (tertiary/aromatic N) is 1. The molecule has 0 fully saturated rings. The highest BCUT2D eigenvalue weighted by Crippen LogP contribution is 2.06. The lowest BCUT2D eigenvalue weighted by molar-refractivity contribution is -0.142. The Morgan fingerprint density at radius 1 is 1.67 bits per heavy atom. The lowest BCUT2D eigenvalue weighted by Gasteiger charge is -2.06. The molecule has 4 nitrogen and oxygen atoms in total. The maximum absolute atomic E-state index is 10.9. The van der Waals surface area contributed by atoms with Gasteiger partial charge in [0.2, 0.25) is 0 Å². The number of ether oxygens (including phenoxy) is 1. The summed E-state index contributed by atoms with van der Waals surface area (Å²) in [6.07, 6.45) is 1.58. The van der Waals surface area contributed by atoms with Crippen LogP contribution in [0.25, 0.3) is 0 Å². The summed E-state index contributed by atoms with van der Waals surface area (Å²) in [5.41, 5.74) is 6.03. The normalized spacial score (nSPS) is 12.2. The zero-order valence-corrected chi connectivity index (χ0v) is 6.73. The SMILES string of the molecule is COC(=O)[C@@H](N)c1ccccn1. The number of pyridine rings is 1. The van der Waals surface area contributed by atoms with E-state index in [-0.39, 0.29) is 0 Å². The van der Waals surface area contributed by atoms with Crippen molar-refractivity contribution >= 4 is 5.97 Å². The van der Waals surface area contributed by atoms with Gasteiger partial charge in [-0.15, -0.1) is 0 Å². The molecule has 0 saturated carbocycles. The molecule has 0 aromatic carbocycles. The highest BCUT2D eigenvalue weighted by molar-refractivity contribution is 5.76. The van der Waals surface area contributed by atoms with E-state index in [1.54, 1.807) is 24.4 Å². The minimum Gasteiger partial charge on any atom is -0.468 e. The summed E-state index contributed by atoms with van der Waals surface area (Å²) in [5.74, 6) is -0.478. The number of aromatic nitrogens is 1. The summed E-state index contributed by atoms with van der Waals surface area (Å²) >= 11 is 0. The molecule has 4 heteroatoms. The molecule has 64 valence electrons. The van der Waals surface area contributed by atoms with Crippen LogP contribution in [-0.4, -0.2) is 18.1 Å². The van der Waals surface area contributed by atoms with Crippen LogP contribution in [0.2, 0.25) is 0 Å². The first-order valence-corrected chi connectivity index (χ1v) is 3.50. The fraction of sp³-hybridized carbons (Fsp3) is 0.250. The topological polar surface area (TPSA) is 65.2 Å². The second kappa shape index (κ2) is 3.82. The van der Waals surface area contributed by atoms with Gasteiger partial charge in [-0.2, -0.15) is 0 Å². The minimum absolute atomic E-state index is 0.478. The van der Waals surface area contributed by atoms with Crippen molar-refractivity contribution in [3.8, 4) is 0 Å². The molecular weight excluding hydrogens is 156 g/mol. The van der Waals surface area contributed by atoms with Crippen LogP contribution >= 0.6 is 0 Å². The average Bonchev–Trinajstić information content (AvgIpc) is 2.17. The smallest absolute Gasteiger partial charge is 0.328 e. The fourth-order valence-corrected chi connectivity index (χ4v) is 0.808. The Morgan fingerprint density at radius 3 is 2.92 bits per heavy atom.